The maximum absolute atomic E-state index is 9.93. The van der Waals surface area contributed by atoms with Crippen molar-refractivity contribution in [2.45, 2.75) is 33.0 Å². The van der Waals surface area contributed by atoms with Gasteiger partial charge in [-0.05, 0) is 38.0 Å². The van der Waals surface area contributed by atoms with Crippen LogP contribution < -0.4 is 0 Å². The number of phenolic OH excluding ortho intramolecular Hbond substituents is 2. The quantitative estimate of drug-likeness (QED) is 0.837. The average Bonchev–Trinajstić information content (AvgIpc) is 2.54. The zero-order valence-electron chi connectivity index (χ0n) is 13.8. The predicted octanol–water partition coefficient (Wildman–Crippen LogP) is 3.82. The largest absolute Gasteiger partial charge is 0.504 e. The van der Waals surface area contributed by atoms with E-state index in [2.05, 4.69) is 0 Å². The van der Waals surface area contributed by atoms with Crippen molar-refractivity contribution >= 4 is 0 Å². The Morgan fingerprint density at radius 2 is 1.79 bits per heavy atom. The van der Waals surface area contributed by atoms with Gasteiger partial charge in [-0.25, -0.2) is 0 Å². The van der Waals surface area contributed by atoms with Gasteiger partial charge in [0.05, 0.1) is 23.8 Å². The Kier molecular flexibility index (Phi) is 4.78. The molecule has 2 aromatic carbocycles. The Labute approximate surface area is 141 Å². The molecule has 0 spiro atoms. The van der Waals surface area contributed by atoms with Gasteiger partial charge >= 0.3 is 0 Å². The van der Waals surface area contributed by atoms with E-state index in [0.29, 0.717) is 17.7 Å². The third kappa shape index (κ3) is 3.65. The number of nitrogens with zero attached hydrogens (tertiary/aromatic N) is 2. The van der Waals surface area contributed by atoms with Gasteiger partial charge in [0.2, 0.25) is 0 Å². The predicted molar refractivity (Wildman–Crippen MR) is 89.2 cm³/mol. The first kappa shape index (κ1) is 17.3. The van der Waals surface area contributed by atoms with E-state index in [1.807, 2.05) is 39.0 Å². The summed E-state index contributed by atoms with van der Waals surface area (Å²) < 4.78 is 5.74. The van der Waals surface area contributed by atoms with Gasteiger partial charge in [0.25, 0.3) is 0 Å². The highest BCUT2D eigenvalue weighted by Gasteiger charge is 2.19. The fourth-order valence-corrected chi connectivity index (χ4v) is 2.27. The molecule has 0 aromatic heterocycles. The topological polar surface area (TPSA) is 97.3 Å². The molecule has 0 bridgehead atoms. The fraction of sp³-hybridized carbons (Fsp3) is 0.263. The molecule has 0 radical (unpaired) electrons. The van der Waals surface area contributed by atoms with Gasteiger partial charge in [-0.2, -0.15) is 10.5 Å². The smallest absolute Gasteiger partial charge is 0.176 e. The minimum Gasteiger partial charge on any atom is -0.504 e. The molecule has 0 saturated heterocycles. The normalized spacial score (nSPS) is 10.9. The van der Waals surface area contributed by atoms with Crippen LogP contribution in [0, 0.1) is 22.7 Å². The standard InChI is InChI=1S/C19H18N2O3/c1-19(2,3)24-11-12-5-4-6-13(7-12)17-14(9-20)8-16(22)18(23)15(17)10-21/h4-8,22-23H,11H2,1-3H3. The molecule has 2 aromatic rings. The van der Waals surface area contributed by atoms with Gasteiger partial charge in [-0.15, -0.1) is 0 Å². The molecule has 0 aliphatic carbocycles. The average molecular weight is 322 g/mol. The molecular weight excluding hydrogens is 304 g/mol. The zero-order valence-corrected chi connectivity index (χ0v) is 13.8. The van der Waals surface area contributed by atoms with Crippen molar-refractivity contribution in [3.8, 4) is 34.8 Å². The van der Waals surface area contributed by atoms with Crippen molar-refractivity contribution in [1.29, 1.82) is 10.5 Å². The molecule has 5 heteroatoms. The fourth-order valence-electron chi connectivity index (χ4n) is 2.27. The van der Waals surface area contributed by atoms with E-state index in [0.717, 1.165) is 11.6 Å². The van der Waals surface area contributed by atoms with Crippen LogP contribution >= 0.6 is 0 Å². The van der Waals surface area contributed by atoms with Crippen LogP contribution in [0.15, 0.2) is 30.3 Å². The molecule has 0 unspecified atom stereocenters. The molecule has 0 aliphatic rings. The molecule has 0 heterocycles. The Hall–Kier alpha value is -3.02. The van der Waals surface area contributed by atoms with Crippen LogP contribution in [0.2, 0.25) is 0 Å². The van der Waals surface area contributed by atoms with Crippen LogP contribution in [0.25, 0.3) is 11.1 Å². The second kappa shape index (κ2) is 6.62. The van der Waals surface area contributed by atoms with Crippen LogP contribution in [0.1, 0.15) is 37.5 Å². The van der Waals surface area contributed by atoms with Gasteiger partial charge < -0.3 is 14.9 Å². The number of ether oxygens (including phenoxy) is 1. The molecule has 0 saturated carbocycles. The van der Waals surface area contributed by atoms with Crippen LogP contribution in [0.4, 0.5) is 0 Å². The summed E-state index contributed by atoms with van der Waals surface area (Å²) in [7, 11) is 0. The van der Waals surface area contributed by atoms with Gasteiger partial charge in [0, 0.05) is 11.6 Å². The first-order valence-electron chi connectivity index (χ1n) is 7.39. The number of nitriles is 2. The second-order valence-corrected chi connectivity index (χ2v) is 6.37. The van der Waals surface area contributed by atoms with E-state index >= 15 is 0 Å². The number of hydrogen-bond acceptors (Lipinski definition) is 5. The van der Waals surface area contributed by atoms with Crippen molar-refractivity contribution in [3.05, 3.63) is 47.0 Å². The summed E-state index contributed by atoms with van der Waals surface area (Å²) in [5, 5.41) is 38.2. The summed E-state index contributed by atoms with van der Waals surface area (Å²) in [6.07, 6.45) is 0. The van der Waals surface area contributed by atoms with Gasteiger partial charge in [0.15, 0.2) is 11.5 Å². The molecule has 2 N–H and O–H groups in total. The van der Waals surface area contributed by atoms with E-state index in [-0.39, 0.29) is 16.7 Å². The third-order valence-corrected chi connectivity index (χ3v) is 3.40. The van der Waals surface area contributed by atoms with Gasteiger partial charge in [-0.3, -0.25) is 0 Å². The highest BCUT2D eigenvalue weighted by atomic mass is 16.5. The Morgan fingerprint density at radius 3 is 2.38 bits per heavy atom. The molecule has 0 aliphatic heterocycles. The monoisotopic (exact) mass is 322 g/mol. The van der Waals surface area contributed by atoms with Crippen molar-refractivity contribution in [2.75, 3.05) is 0 Å². The molecular formula is C19H18N2O3. The number of phenols is 2. The highest BCUT2D eigenvalue weighted by Crippen LogP contribution is 2.39. The Balaban J connectivity index is 2.56. The van der Waals surface area contributed by atoms with Crippen molar-refractivity contribution in [1.82, 2.24) is 0 Å². The summed E-state index contributed by atoms with van der Waals surface area (Å²) >= 11 is 0. The maximum atomic E-state index is 9.93. The summed E-state index contributed by atoms with van der Waals surface area (Å²) in [5.41, 5.74) is 1.49. The van der Waals surface area contributed by atoms with E-state index in [1.54, 1.807) is 18.2 Å². The third-order valence-electron chi connectivity index (χ3n) is 3.40. The SMILES string of the molecule is CC(C)(C)OCc1cccc(-c2c(C#N)cc(O)c(O)c2C#N)c1. The molecule has 122 valence electrons. The molecule has 5 nitrogen and oxygen atoms in total. The number of aromatic hydroxyl groups is 2. The number of hydrogen-bond donors (Lipinski definition) is 2. The lowest BCUT2D eigenvalue weighted by molar-refractivity contribution is -0.0149. The van der Waals surface area contributed by atoms with E-state index in [9.17, 15) is 20.7 Å². The number of benzene rings is 2. The van der Waals surface area contributed by atoms with E-state index in [4.69, 9.17) is 4.74 Å². The minimum atomic E-state index is -0.525. The molecule has 0 atom stereocenters. The minimum absolute atomic E-state index is 0.121. The lowest BCUT2D eigenvalue weighted by atomic mass is 9.93. The molecule has 0 amide bonds. The van der Waals surface area contributed by atoms with Crippen LogP contribution in [-0.4, -0.2) is 15.8 Å². The van der Waals surface area contributed by atoms with Gasteiger partial charge in [0.1, 0.15) is 11.6 Å². The summed E-state index contributed by atoms with van der Waals surface area (Å²) in [5.74, 6) is -1.01. The summed E-state index contributed by atoms with van der Waals surface area (Å²) in [6, 6.07) is 12.2. The second-order valence-electron chi connectivity index (χ2n) is 6.37. The van der Waals surface area contributed by atoms with Crippen molar-refractivity contribution in [3.63, 3.8) is 0 Å². The first-order valence-corrected chi connectivity index (χ1v) is 7.39. The summed E-state index contributed by atoms with van der Waals surface area (Å²) in [4.78, 5) is 0. The lowest BCUT2D eigenvalue weighted by Gasteiger charge is -2.20. The van der Waals surface area contributed by atoms with Crippen molar-refractivity contribution < 1.29 is 14.9 Å². The van der Waals surface area contributed by atoms with E-state index < -0.39 is 11.5 Å². The number of rotatable bonds is 3. The first-order chi connectivity index (χ1) is 11.3. The van der Waals surface area contributed by atoms with E-state index in [1.165, 1.54) is 0 Å². The van der Waals surface area contributed by atoms with Crippen LogP contribution in [0.5, 0.6) is 11.5 Å². The highest BCUT2D eigenvalue weighted by molar-refractivity contribution is 5.81. The zero-order chi connectivity index (χ0) is 17.9. The maximum Gasteiger partial charge on any atom is 0.176 e. The molecule has 2 rings (SSSR count). The molecule has 24 heavy (non-hydrogen) atoms. The Bertz CT molecular complexity index is 853. The lowest BCUT2D eigenvalue weighted by Crippen LogP contribution is -2.18. The van der Waals surface area contributed by atoms with Gasteiger partial charge in [-0.1, -0.05) is 18.2 Å². The van der Waals surface area contributed by atoms with Crippen molar-refractivity contribution in [2.24, 2.45) is 0 Å². The Morgan fingerprint density at radius 1 is 1.08 bits per heavy atom. The summed E-state index contributed by atoms with van der Waals surface area (Å²) in [6.45, 7) is 6.24. The molecule has 0 fully saturated rings. The van der Waals surface area contributed by atoms with Crippen LogP contribution in [-0.2, 0) is 11.3 Å². The van der Waals surface area contributed by atoms with Crippen LogP contribution in [0.3, 0.4) is 0 Å².